The lowest BCUT2D eigenvalue weighted by molar-refractivity contribution is -0.384. The first kappa shape index (κ1) is 22.2. The number of hydrogen-bond acceptors (Lipinski definition) is 7. The number of anilines is 1. The predicted molar refractivity (Wildman–Crippen MR) is 121 cm³/mol. The fourth-order valence-electron chi connectivity index (χ4n) is 3.57. The number of nitro benzene ring substituents is 1. The van der Waals surface area contributed by atoms with E-state index in [9.17, 15) is 19.7 Å². The van der Waals surface area contributed by atoms with Crippen LogP contribution in [0.4, 0.5) is 11.4 Å². The first-order chi connectivity index (χ1) is 15.9. The van der Waals surface area contributed by atoms with Crippen molar-refractivity contribution >= 4 is 34.8 Å². The molecule has 1 fully saturated rings. The third-order valence-corrected chi connectivity index (χ3v) is 5.58. The molecule has 1 aliphatic rings. The quantitative estimate of drug-likeness (QED) is 0.431. The molecule has 3 aromatic rings. The molecule has 4 rings (SSSR count). The van der Waals surface area contributed by atoms with Crippen LogP contribution in [-0.2, 0) is 4.79 Å². The average Bonchev–Trinajstić information content (AvgIpc) is 3.37. The van der Waals surface area contributed by atoms with E-state index in [4.69, 9.17) is 11.6 Å². The first-order valence-corrected chi connectivity index (χ1v) is 10.5. The van der Waals surface area contributed by atoms with E-state index in [0.29, 0.717) is 31.2 Å². The maximum absolute atomic E-state index is 12.6. The Bertz CT molecular complexity index is 1160. The highest BCUT2D eigenvalue weighted by molar-refractivity contribution is 6.30. The maximum atomic E-state index is 12.6. The van der Waals surface area contributed by atoms with Gasteiger partial charge in [0.25, 0.3) is 11.6 Å². The van der Waals surface area contributed by atoms with Crippen molar-refractivity contribution in [2.75, 3.05) is 37.6 Å². The zero-order chi connectivity index (χ0) is 23.4. The van der Waals surface area contributed by atoms with Gasteiger partial charge in [-0.2, -0.15) is 5.10 Å². The van der Waals surface area contributed by atoms with Gasteiger partial charge in [-0.15, -0.1) is 0 Å². The minimum atomic E-state index is -0.598. The van der Waals surface area contributed by atoms with Crippen molar-refractivity contribution in [3.63, 3.8) is 0 Å². The Morgan fingerprint density at radius 3 is 2.45 bits per heavy atom. The fraction of sp³-hybridized carbons (Fsp3) is 0.238. The second-order valence-corrected chi connectivity index (χ2v) is 7.76. The van der Waals surface area contributed by atoms with E-state index in [0.717, 1.165) is 11.8 Å². The van der Waals surface area contributed by atoms with Crippen LogP contribution in [0.5, 0.6) is 0 Å². The van der Waals surface area contributed by atoms with E-state index in [2.05, 4.69) is 20.3 Å². The summed E-state index contributed by atoms with van der Waals surface area (Å²) in [6, 6.07) is 11.5. The molecule has 0 bridgehead atoms. The largest absolute Gasteiger partial charge is 0.368 e. The van der Waals surface area contributed by atoms with Crippen molar-refractivity contribution in [1.82, 2.24) is 25.0 Å². The van der Waals surface area contributed by atoms with E-state index in [-0.39, 0.29) is 29.4 Å². The van der Waals surface area contributed by atoms with Crippen molar-refractivity contribution in [3.05, 3.63) is 75.8 Å². The topological polar surface area (TPSA) is 126 Å². The number of nitro groups is 1. The molecule has 1 aromatic heterocycles. The molecule has 0 saturated carbocycles. The van der Waals surface area contributed by atoms with E-state index >= 15 is 0 Å². The van der Waals surface area contributed by atoms with Crippen LogP contribution < -0.4 is 10.2 Å². The minimum absolute atomic E-state index is 0.0749. The van der Waals surface area contributed by atoms with E-state index in [1.165, 1.54) is 29.5 Å². The normalized spacial score (nSPS) is 13.6. The summed E-state index contributed by atoms with van der Waals surface area (Å²) >= 11 is 5.93. The van der Waals surface area contributed by atoms with Gasteiger partial charge in [-0.05, 0) is 36.4 Å². The number of nitrogens with one attached hydrogen (secondary N) is 1. The second-order valence-electron chi connectivity index (χ2n) is 7.33. The van der Waals surface area contributed by atoms with Crippen LogP contribution in [0.3, 0.4) is 0 Å². The lowest BCUT2D eigenvalue weighted by Crippen LogP contribution is -2.51. The zero-order valence-corrected chi connectivity index (χ0v) is 18.2. The summed E-state index contributed by atoms with van der Waals surface area (Å²) < 4.78 is 1.24. The molecule has 0 unspecified atom stereocenters. The summed E-state index contributed by atoms with van der Waals surface area (Å²) in [6.07, 6.45) is 2.58. The van der Waals surface area contributed by atoms with Crippen molar-refractivity contribution in [3.8, 4) is 5.69 Å². The Labute approximate surface area is 193 Å². The number of amides is 2. The number of piperazine rings is 1. The number of halogens is 1. The number of carbonyl (C=O) groups is 2. The summed E-state index contributed by atoms with van der Waals surface area (Å²) in [4.78, 5) is 43.5. The third kappa shape index (κ3) is 5.09. The molecule has 0 spiro atoms. The van der Waals surface area contributed by atoms with Crippen LogP contribution in [0.25, 0.3) is 5.69 Å². The van der Waals surface area contributed by atoms with Crippen LogP contribution in [0, 0.1) is 10.1 Å². The smallest absolute Gasteiger partial charge is 0.295 e. The molecule has 0 aliphatic carbocycles. The van der Waals surface area contributed by atoms with E-state index < -0.39 is 10.8 Å². The zero-order valence-electron chi connectivity index (χ0n) is 17.4. The summed E-state index contributed by atoms with van der Waals surface area (Å²) in [5.74, 6) is -0.788. The molecule has 0 radical (unpaired) electrons. The molecular formula is C21H20ClN7O4. The highest BCUT2D eigenvalue weighted by Gasteiger charge is 2.23. The Hall–Kier alpha value is -3.99. The Kier molecular flexibility index (Phi) is 6.50. The van der Waals surface area contributed by atoms with Crippen molar-refractivity contribution in [2.45, 2.75) is 0 Å². The maximum Gasteiger partial charge on any atom is 0.295 e. The molecular weight excluding hydrogens is 450 g/mol. The highest BCUT2D eigenvalue weighted by Crippen LogP contribution is 2.23. The molecule has 2 heterocycles. The molecule has 12 heteroatoms. The van der Waals surface area contributed by atoms with Gasteiger partial charge in [0.2, 0.25) is 5.91 Å². The molecule has 2 aromatic carbocycles. The molecule has 33 heavy (non-hydrogen) atoms. The summed E-state index contributed by atoms with van der Waals surface area (Å²) in [5.41, 5.74) is 1.00. The Morgan fingerprint density at radius 1 is 1.09 bits per heavy atom. The fourth-order valence-corrected chi connectivity index (χ4v) is 3.70. The summed E-state index contributed by atoms with van der Waals surface area (Å²) in [7, 11) is 0. The van der Waals surface area contributed by atoms with Gasteiger partial charge in [0.05, 0.1) is 11.5 Å². The molecule has 1 saturated heterocycles. The number of benzene rings is 2. The van der Waals surface area contributed by atoms with Crippen LogP contribution >= 0.6 is 11.6 Å². The molecule has 2 amide bonds. The average molecular weight is 470 g/mol. The van der Waals surface area contributed by atoms with Gasteiger partial charge in [0, 0.05) is 48.5 Å². The van der Waals surface area contributed by atoms with Gasteiger partial charge in [0.15, 0.2) is 0 Å². The molecule has 170 valence electrons. The number of aromatic nitrogens is 3. The van der Waals surface area contributed by atoms with Gasteiger partial charge in [-0.1, -0.05) is 11.6 Å². The Balaban J connectivity index is 1.33. The lowest BCUT2D eigenvalue weighted by atomic mass is 10.1. The first-order valence-electron chi connectivity index (χ1n) is 10.1. The molecule has 1 aliphatic heterocycles. The Morgan fingerprint density at radius 2 is 1.82 bits per heavy atom. The standard InChI is InChI=1S/C21H20ClN7O4/c22-16-2-4-17(5-3-16)26-7-9-27(10-8-26)20(30)12-24-21(31)15-1-6-18(19(11-15)29(32)33)28-14-23-13-25-28/h1-6,11,13-14H,7-10,12H2,(H,24,31). The summed E-state index contributed by atoms with van der Waals surface area (Å²) in [5, 5.41) is 18.6. The van der Waals surface area contributed by atoms with Gasteiger partial charge in [0.1, 0.15) is 18.3 Å². The molecule has 11 nitrogen and oxygen atoms in total. The van der Waals surface area contributed by atoms with Gasteiger partial charge < -0.3 is 15.1 Å². The number of hydrogen-bond donors (Lipinski definition) is 1. The van der Waals surface area contributed by atoms with Gasteiger partial charge in [-0.3, -0.25) is 19.7 Å². The monoisotopic (exact) mass is 469 g/mol. The minimum Gasteiger partial charge on any atom is -0.368 e. The predicted octanol–water partition coefficient (Wildman–Crippen LogP) is 1.91. The van der Waals surface area contributed by atoms with Crippen molar-refractivity contribution < 1.29 is 14.5 Å². The molecule has 1 N–H and O–H groups in total. The number of rotatable bonds is 6. The van der Waals surface area contributed by atoms with Crippen LogP contribution in [0.15, 0.2) is 55.1 Å². The number of carbonyl (C=O) groups excluding carboxylic acids is 2. The van der Waals surface area contributed by atoms with Crippen LogP contribution in [-0.4, -0.2) is 69.1 Å². The van der Waals surface area contributed by atoms with Crippen LogP contribution in [0.2, 0.25) is 5.02 Å². The SMILES string of the molecule is O=C(NCC(=O)N1CCN(c2ccc(Cl)cc2)CC1)c1ccc(-n2cncn2)c([N+](=O)[O-])c1. The van der Waals surface area contributed by atoms with Gasteiger partial charge >= 0.3 is 0 Å². The third-order valence-electron chi connectivity index (χ3n) is 5.32. The van der Waals surface area contributed by atoms with E-state index in [1.54, 1.807) is 4.90 Å². The molecule has 0 atom stereocenters. The van der Waals surface area contributed by atoms with E-state index in [1.807, 2.05) is 24.3 Å². The van der Waals surface area contributed by atoms with Gasteiger partial charge in [-0.25, -0.2) is 9.67 Å². The lowest BCUT2D eigenvalue weighted by Gasteiger charge is -2.36. The van der Waals surface area contributed by atoms with Crippen LogP contribution in [0.1, 0.15) is 10.4 Å². The highest BCUT2D eigenvalue weighted by atomic mass is 35.5. The van der Waals surface area contributed by atoms with Crippen molar-refractivity contribution in [2.24, 2.45) is 0 Å². The van der Waals surface area contributed by atoms with Crippen molar-refractivity contribution in [1.29, 1.82) is 0 Å². The number of nitrogens with zero attached hydrogens (tertiary/aromatic N) is 6. The second kappa shape index (κ2) is 9.65. The summed E-state index contributed by atoms with van der Waals surface area (Å²) in [6.45, 7) is 2.18.